The highest BCUT2D eigenvalue weighted by Gasteiger charge is 2.32. The van der Waals surface area contributed by atoms with Gasteiger partial charge >= 0.3 is 6.08 Å². The number of likely N-dealkylation sites (tertiary alicyclic amines) is 1. The fourth-order valence-electron chi connectivity index (χ4n) is 4.41. The minimum absolute atomic E-state index is 0.0606. The Balaban J connectivity index is 1.48. The van der Waals surface area contributed by atoms with Gasteiger partial charge in [0.15, 0.2) is 17.3 Å². The summed E-state index contributed by atoms with van der Waals surface area (Å²) in [5.41, 5.74) is 2.03. The van der Waals surface area contributed by atoms with Crippen LogP contribution in [-0.4, -0.2) is 51.4 Å². The number of H-pyrrole nitrogens is 1. The van der Waals surface area contributed by atoms with Crippen LogP contribution in [0.15, 0.2) is 28.3 Å². The molecule has 1 fully saturated rings. The van der Waals surface area contributed by atoms with E-state index in [9.17, 15) is 31.5 Å². The summed E-state index contributed by atoms with van der Waals surface area (Å²) in [6, 6.07) is 2.16. The van der Waals surface area contributed by atoms with Crippen LogP contribution in [0, 0.1) is 11.6 Å². The van der Waals surface area contributed by atoms with E-state index in [-0.39, 0.29) is 48.1 Å². The molecule has 1 saturated heterocycles. The molecule has 1 aromatic carbocycles. The molecule has 0 saturated carbocycles. The molecule has 0 aliphatic carbocycles. The van der Waals surface area contributed by atoms with E-state index < -0.39 is 27.8 Å². The van der Waals surface area contributed by atoms with Crippen molar-refractivity contribution >= 4 is 23.6 Å². The lowest BCUT2D eigenvalue weighted by Crippen LogP contribution is -2.39. The van der Waals surface area contributed by atoms with Crippen molar-refractivity contribution in [3.63, 3.8) is 0 Å². The van der Waals surface area contributed by atoms with Gasteiger partial charge in [-0.15, -0.1) is 0 Å². The Hall–Kier alpha value is -2.89. The minimum atomic E-state index is -2.60. The van der Waals surface area contributed by atoms with Crippen molar-refractivity contribution in [3.05, 3.63) is 57.5 Å². The van der Waals surface area contributed by atoms with E-state index in [0.29, 0.717) is 38.0 Å². The maximum absolute atomic E-state index is 14.3. The normalized spacial score (nSPS) is 16.4. The van der Waals surface area contributed by atoms with E-state index >= 15 is 0 Å². The van der Waals surface area contributed by atoms with Crippen molar-refractivity contribution in [2.45, 2.75) is 43.5 Å². The molecule has 2 amide bonds. The summed E-state index contributed by atoms with van der Waals surface area (Å²) in [5, 5.41) is 5.12. The minimum Gasteiger partial charge on any atom is -0.337 e. The second kappa shape index (κ2) is 9.77. The molecule has 1 N–H and O–H groups in total. The largest absolute Gasteiger partial charge is 0.337 e. The van der Waals surface area contributed by atoms with E-state index in [4.69, 9.17) is 0 Å². The topological polar surface area (TPSA) is 69.3 Å². The highest BCUT2D eigenvalue weighted by atomic mass is 32.2. The van der Waals surface area contributed by atoms with E-state index in [1.54, 1.807) is 9.80 Å². The van der Waals surface area contributed by atoms with Gasteiger partial charge in [-0.3, -0.25) is 14.7 Å². The monoisotopic (exact) mass is 500 g/mol. The number of hydrogen-bond acceptors (Lipinski definition) is 4. The summed E-state index contributed by atoms with van der Waals surface area (Å²) >= 11 is -0.139. The summed E-state index contributed by atoms with van der Waals surface area (Å²) in [4.78, 5) is 27.4. The highest BCUT2D eigenvalue weighted by molar-refractivity contribution is 8.03. The average Bonchev–Trinajstić information content (AvgIpc) is 3.25. The Morgan fingerprint density at radius 2 is 1.79 bits per heavy atom. The molecular weight excluding hydrogens is 479 g/mol. The summed E-state index contributed by atoms with van der Waals surface area (Å²) in [7, 11) is 0. The molecule has 12 heteroatoms. The van der Waals surface area contributed by atoms with Crippen LogP contribution in [0.1, 0.15) is 53.0 Å². The fourth-order valence-corrected chi connectivity index (χ4v) is 5.20. The van der Waals surface area contributed by atoms with E-state index in [2.05, 4.69) is 10.2 Å². The number of carbonyl (C=O) groups is 2. The van der Waals surface area contributed by atoms with Crippen LogP contribution >= 0.6 is 11.8 Å². The molecule has 4 rings (SSSR count). The zero-order valence-corrected chi connectivity index (χ0v) is 19.0. The molecule has 0 unspecified atom stereocenters. The van der Waals surface area contributed by atoms with Gasteiger partial charge in [0, 0.05) is 32.1 Å². The van der Waals surface area contributed by atoms with Gasteiger partial charge < -0.3 is 9.80 Å². The first-order valence-electron chi connectivity index (χ1n) is 10.6. The standard InChI is InChI=1S/C22H21F5N4O2S/c1-11(32)31-9-6-14-16(10-31)28-29-18(14)22(33)30-7-4-12(5-8-30)13-2-3-15(23)17(24)19(13)34-21(27)20(25)26/h2-3,12H,4-10H2,1H3,(H,28,29). The molecule has 2 aromatic rings. The van der Waals surface area contributed by atoms with Crippen LogP contribution in [0.3, 0.4) is 0 Å². The molecule has 0 atom stereocenters. The number of halogens is 5. The van der Waals surface area contributed by atoms with Crippen LogP contribution < -0.4 is 0 Å². The molecule has 34 heavy (non-hydrogen) atoms. The van der Waals surface area contributed by atoms with Gasteiger partial charge in [-0.25, -0.2) is 8.78 Å². The molecule has 0 spiro atoms. The molecule has 1 aromatic heterocycles. The predicted octanol–water partition coefficient (Wildman–Crippen LogP) is 4.74. The number of aromatic amines is 1. The Morgan fingerprint density at radius 3 is 2.44 bits per heavy atom. The van der Waals surface area contributed by atoms with Gasteiger partial charge in [0.2, 0.25) is 11.1 Å². The number of piperidine rings is 1. The Labute approximate surface area is 196 Å². The van der Waals surface area contributed by atoms with Gasteiger partial charge in [0.25, 0.3) is 5.91 Å². The van der Waals surface area contributed by atoms with Crippen molar-refractivity contribution in [1.82, 2.24) is 20.0 Å². The SMILES string of the molecule is CC(=O)N1CCc2c(C(=O)N3CCC(c4ccc(F)c(F)c4SC(F)=C(F)F)CC3)n[nH]c2C1. The second-order valence-corrected chi connectivity index (χ2v) is 9.17. The lowest BCUT2D eigenvalue weighted by atomic mass is 9.89. The van der Waals surface area contributed by atoms with Crippen molar-refractivity contribution in [2.24, 2.45) is 0 Å². The molecular formula is C22H21F5N4O2S. The smallest absolute Gasteiger partial charge is 0.312 e. The molecule has 6 nitrogen and oxygen atoms in total. The zero-order chi connectivity index (χ0) is 24.6. The van der Waals surface area contributed by atoms with Crippen LogP contribution in [0.25, 0.3) is 0 Å². The lowest BCUT2D eigenvalue weighted by Gasteiger charge is -2.33. The predicted molar refractivity (Wildman–Crippen MR) is 114 cm³/mol. The third kappa shape index (κ3) is 4.68. The molecule has 0 radical (unpaired) electrons. The summed E-state index contributed by atoms with van der Waals surface area (Å²) < 4.78 is 66.7. The zero-order valence-electron chi connectivity index (χ0n) is 18.1. The van der Waals surface area contributed by atoms with Crippen LogP contribution in [0.4, 0.5) is 22.0 Å². The maximum atomic E-state index is 14.3. The average molecular weight is 500 g/mol. The summed E-state index contributed by atoms with van der Waals surface area (Å²) in [6.07, 6.45) is -1.38. The number of thioether (sulfide) groups is 1. The number of hydrogen-bond donors (Lipinski definition) is 1. The number of nitrogens with zero attached hydrogens (tertiary/aromatic N) is 3. The molecule has 0 bridgehead atoms. The van der Waals surface area contributed by atoms with E-state index in [1.165, 1.54) is 13.0 Å². The summed E-state index contributed by atoms with van der Waals surface area (Å²) in [5.74, 6) is -3.33. The number of fused-ring (bicyclic) bond motifs is 1. The maximum Gasteiger partial charge on any atom is 0.312 e. The van der Waals surface area contributed by atoms with E-state index in [0.717, 1.165) is 17.3 Å². The molecule has 2 aliphatic heterocycles. The van der Waals surface area contributed by atoms with Crippen molar-refractivity contribution < 1.29 is 31.5 Å². The van der Waals surface area contributed by atoms with Gasteiger partial charge in [0.05, 0.1) is 17.1 Å². The molecule has 182 valence electrons. The number of carbonyl (C=O) groups excluding carboxylic acids is 2. The Kier molecular flexibility index (Phi) is 6.96. The molecule has 3 heterocycles. The third-order valence-corrected chi connectivity index (χ3v) is 7.18. The van der Waals surface area contributed by atoms with Crippen molar-refractivity contribution in [1.29, 1.82) is 0 Å². The first-order chi connectivity index (χ1) is 16.2. The number of benzene rings is 1. The Morgan fingerprint density at radius 1 is 1.09 bits per heavy atom. The van der Waals surface area contributed by atoms with Gasteiger partial charge in [0.1, 0.15) is 0 Å². The first-order valence-corrected chi connectivity index (χ1v) is 11.5. The quantitative estimate of drug-likeness (QED) is 0.487. The van der Waals surface area contributed by atoms with E-state index in [1.807, 2.05) is 0 Å². The second-order valence-electron chi connectivity index (χ2n) is 8.20. The number of nitrogens with one attached hydrogen (secondary N) is 1. The third-order valence-electron chi connectivity index (χ3n) is 6.22. The lowest BCUT2D eigenvalue weighted by molar-refractivity contribution is -0.129. The van der Waals surface area contributed by atoms with Crippen LogP contribution in [0.5, 0.6) is 0 Å². The molecule has 2 aliphatic rings. The summed E-state index contributed by atoms with van der Waals surface area (Å²) in [6.45, 7) is 2.89. The van der Waals surface area contributed by atoms with Crippen molar-refractivity contribution in [3.8, 4) is 0 Å². The first kappa shape index (κ1) is 24.2. The van der Waals surface area contributed by atoms with Crippen LogP contribution in [0.2, 0.25) is 0 Å². The fraction of sp³-hybridized carbons (Fsp3) is 0.409. The van der Waals surface area contributed by atoms with Gasteiger partial charge in [-0.2, -0.15) is 18.3 Å². The number of aromatic nitrogens is 2. The number of amides is 2. The highest BCUT2D eigenvalue weighted by Crippen LogP contribution is 2.41. The Bertz CT molecular complexity index is 1160. The van der Waals surface area contributed by atoms with Gasteiger partial charge in [-0.1, -0.05) is 17.8 Å². The number of rotatable bonds is 4. The van der Waals surface area contributed by atoms with Crippen molar-refractivity contribution in [2.75, 3.05) is 19.6 Å². The van der Waals surface area contributed by atoms with Crippen LogP contribution in [-0.2, 0) is 17.8 Å². The van der Waals surface area contributed by atoms with Gasteiger partial charge in [-0.05, 0) is 36.8 Å².